The van der Waals surface area contributed by atoms with Crippen LogP contribution in [0.3, 0.4) is 0 Å². The van der Waals surface area contributed by atoms with Gasteiger partial charge < -0.3 is 26.0 Å². The summed E-state index contributed by atoms with van der Waals surface area (Å²) in [5, 5.41) is 22.6. The van der Waals surface area contributed by atoms with Gasteiger partial charge in [0.05, 0.1) is 0 Å². The van der Waals surface area contributed by atoms with Crippen LogP contribution in [0.2, 0.25) is 0 Å². The van der Waals surface area contributed by atoms with Gasteiger partial charge >= 0.3 is 7.12 Å². The van der Waals surface area contributed by atoms with Crippen LogP contribution in [-0.4, -0.2) is 47.6 Å². The zero-order chi connectivity index (χ0) is 20.4. The van der Waals surface area contributed by atoms with Crippen molar-refractivity contribution in [3.05, 3.63) is 64.2 Å². The molecule has 2 aromatic carbocycles. The average Bonchev–Trinajstić information content (AvgIpc) is 2.78. The number of hydrogen-bond acceptors (Lipinski definition) is 5. The van der Waals surface area contributed by atoms with Gasteiger partial charge in [0.1, 0.15) is 0 Å². The molecule has 0 bridgehead atoms. The van der Waals surface area contributed by atoms with Crippen LogP contribution in [0.15, 0.2) is 36.4 Å². The molecule has 0 aromatic heterocycles. The number of nitrogens with zero attached hydrogens (tertiary/aromatic N) is 1. The van der Waals surface area contributed by atoms with Gasteiger partial charge in [-0.25, -0.2) is 0 Å². The summed E-state index contributed by atoms with van der Waals surface area (Å²) in [6, 6.07) is 11.9. The molecule has 0 atom stereocenters. The van der Waals surface area contributed by atoms with Crippen molar-refractivity contribution >= 4 is 18.5 Å². The lowest BCUT2D eigenvalue weighted by atomic mass is 9.73. The van der Waals surface area contributed by atoms with E-state index in [0.717, 1.165) is 49.2 Å². The van der Waals surface area contributed by atoms with Crippen molar-refractivity contribution in [3.8, 4) is 0 Å². The number of carbonyl (C=O) groups is 1. The molecule has 6 nitrogen and oxygen atoms in total. The second-order valence-electron chi connectivity index (χ2n) is 7.98. The zero-order valence-electron chi connectivity index (χ0n) is 16.6. The topological polar surface area (TPSA) is 98.8 Å². The molecule has 1 saturated heterocycles. The minimum atomic E-state index is -1.51. The molecular weight excluding hydrogens is 365 g/mol. The molecule has 2 heterocycles. The highest BCUT2D eigenvalue weighted by Crippen LogP contribution is 2.30. The van der Waals surface area contributed by atoms with E-state index in [1.54, 1.807) is 12.1 Å². The maximum absolute atomic E-state index is 13.3. The molecule has 5 N–H and O–H groups in total. The maximum atomic E-state index is 13.3. The first-order valence-corrected chi connectivity index (χ1v) is 10.4. The Morgan fingerprint density at radius 3 is 2.69 bits per heavy atom. The van der Waals surface area contributed by atoms with Crippen LogP contribution >= 0.6 is 0 Å². The molecule has 0 aliphatic carbocycles. The van der Waals surface area contributed by atoms with Crippen molar-refractivity contribution in [3.63, 3.8) is 0 Å². The van der Waals surface area contributed by atoms with E-state index in [4.69, 9.17) is 5.73 Å². The van der Waals surface area contributed by atoms with Crippen LogP contribution in [0.25, 0.3) is 0 Å². The summed E-state index contributed by atoms with van der Waals surface area (Å²) in [5.41, 5.74) is 11.2. The number of likely N-dealkylation sites (tertiary alicyclic amines) is 1. The molecule has 1 amide bonds. The largest absolute Gasteiger partial charge is 0.488 e. The van der Waals surface area contributed by atoms with Gasteiger partial charge in [-0.05, 0) is 65.5 Å². The third-order valence-electron chi connectivity index (χ3n) is 6.27. The monoisotopic (exact) mass is 393 g/mol. The Morgan fingerprint density at radius 1 is 1.17 bits per heavy atom. The molecule has 0 spiro atoms. The van der Waals surface area contributed by atoms with Gasteiger partial charge in [-0.2, -0.15) is 0 Å². The van der Waals surface area contributed by atoms with Gasteiger partial charge in [0.25, 0.3) is 5.91 Å². The first kappa shape index (κ1) is 20.1. The smallest absolute Gasteiger partial charge is 0.423 e. The lowest BCUT2D eigenvalue weighted by Gasteiger charge is -2.33. The van der Waals surface area contributed by atoms with E-state index >= 15 is 0 Å². The average molecular weight is 393 g/mol. The summed E-state index contributed by atoms with van der Waals surface area (Å²) in [5.74, 6) is 0.492. The molecule has 7 heteroatoms. The second kappa shape index (κ2) is 8.67. The van der Waals surface area contributed by atoms with Gasteiger partial charge in [-0.3, -0.25) is 4.79 Å². The van der Waals surface area contributed by atoms with Crippen LogP contribution in [0.1, 0.15) is 51.4 Å². The van der Waals surface area contributed by atoms with Gasteiger partial charge in [-0.15, -0.1) is 0 Å². The Labute approximate surface area is 171 Å². The first-order chi connectivity index (χ1) is 14.1. The fraction of sp³-hybridized carbons (Fsp3) is 0.409. The number of carbonyl (C=O) groups excluding carboxylic acids is 1. The highest BCUT2D eigenvalue weighted by molar-refractivity contribution is 6.59. The Kier molecular flexibility index (Phi) is 6.01. The number of hydrogen-bond donors (Lipinski definition) is 4. The molecular formula is C22H28BN3O3. The molecule has 0 radical (unpaired) electrons. The number of fused-ring (bicyclic) bond motifs is 1. The third kappa shape index (κ3) is 4.09. The highest BCUT2D eigenvalue weighted by atomic mass is 16.4. The highest BCUT2D eigenvalue weighted by Gasteiger charge is 2.29. The van der Waals surface area contributed by atoms with Crippen LogP contribution in [-0.2, 0) is 19.5 Å². The molecule has 0 unspecified atom stereocenters. The third-order valence-corrected chi connectivity index (χ3v) is 6.27. The standard InChI is InChI=1S/C22H28BN3O3/c24-13-15-2-1-3-17(12-15)16-7-10-26(11-8-16)22(27)19-4-5-21(23(28)29)18-6-9-25-14-20(18)19/h1-5,12,16,25,28-29H,6-11,13-14,24H2. The normalized spacial score (nSPS) is 17.1. The van der Waals surface area contributed by atoms with E-state index < -0.39 is 7.12 Å². The van der Waals surface area contributed by atoms with E-state index in [2.05, 4.69) is 23.5 Å². The Bertz CT molecular complexity index is 895. The minimum Gasteiger partial charge on any atom is -0.423 e. The van der Waals surface area contributed by atoms with E-state index in [-0.39, 0.29) is 5.91 Å². The molecule has 0 saturated carbocycles. The van der Waals surface area contributed by atoms with E-state index in [9.17, 15) is 14.8 Å². The molecule has 2 aromatic rings. The van der Waals surface area contributed by atoms with Gasteiger partial charge in [-0.1, -0.05) is 30.3 Å². The van der Waals surface area contributed by atoms with Crippen molar-refractivity contribution in [2.45, 2.75) is 38.3 Å². The maximum Gasteiger partial charge on any atom is 0.488 e. The SMILES string of the molecule is NCc1cccc(C2CCN(C(=O)c3ccc(B(O)O)c4c3CNCC4)CC2)c1. The molecule has 2 aliphatic heterocycles. The molecule has 152 valence electrons. The zero-order valence-corrected chi connectivity index (χ0v) is 16.6. The first-order valence-electron chi connectivity index (χ1n) is 10.4. The van der Waals surface area contributed by atoms with Crippen LogP contribution in [0.4, 0.5) is 0 Å². The number of nitrogens with one attached hydrogen (secondary N) is 1. The summed E-state index contributed by atoms with van der Waals surface area (Å²) in [6.45, 7) is 3.35. The van der Waals surface area contributed by atoms with Crippen LogP contribution in [0.5, 0.6) is 0 Å². The molecule has 1 fully saturated rings. The molecule has 4 rings (SSSR count). The molecule has 29 heavy (non-hydrogen) atoms. The summed E-state index contributed by atoms with van der Waals surface area (Å²) in [6.07, 6.45) is 2.57. The van der Waals surface area contributed by atoms with Gasteiger partial charge in [0, 0.05) is 31.7 Å². The number of nitrogens with two attached hydrogens (primary N) is 1. The number of rotatable bonds is 4. The lowest BCUT2D eigenvalue weighted by Crippen LogP contribution is -2.42. The summed E-state index contributed by atoms with van der Waals surface area (Å²) in [7, 11) is -1.51. The van der Waals surface area contributed by atoms with E-state index in [0.29, 0.717) is 36.5 Å². The van der Waals surface area contributed by atoms with Gasteiger partial charge in [0.2, 0.25) is 0 Å². The Hall–Kier alpha value is -2.19. The summed E-state index contributed by atoms with van der Waals surface area (Å²) >= 11 is 0. The number of piperidine rings is 1. The number of amides is 1. The number of benzene rings is 2. The van der Waals surface area contributed by atoms with Crippen molar-refractivity contribution in [2.24, 2.45) is 5.73 Å². The van der Waals surface area contributed by atoms with Gasteiger partial charge in [0.15, 0.2) is 0 Å². The van der Waals surface area contributed by atoms with E-state index in [1.165, 1.54) is 5.56 Å². The summed E-state index contributed by atoms with van der Waals surface area (Å²) in [4.78, 5) is 15.2. The predicted molar refractivity (Wildman–Crippen MR) is 114 cm³/mol. The fourth-order valence-electron chi connectivity index (χ4n) is 4.64. The Balaban J connectivity index is 1.50. The quantitative estimate of drug-likeness (QED) is 0.567. The van der Waals surface area contributed by atoms with Crippen molar-refractivity contribution in [1.82, 2.24) is 10.2 Å². The van der Waals surface area contributed by atoms with Crippen molar-refractivity contribution in [1.29, 1.82) is 0 Å². The summed E-state index contributed by atoms with van der Waals surface area (Å²) < 4.78 is 0. The predicted octanol–water partition coefficient (Wildman–Crippen LogP) is 0.491. The fourth-order valence-corrected chi connectivity index (χ4v) is 4.64. The minimum absolute atomic E-state index is 0.0399. The van der Waals surface area contributed by atoms with E-state index in [1.807, 2.05) is 11.0 Å². The van der Waals surface area contributed by atoms with Crippen LogP contribution in [0, 0.1) is 0 Å². The van der Waals surface area contributed by atoms with Crippen LogP contribution < -0.4 is 16.5 Å². The van der Waals surface area contributed by atoms with Crippen molar-refractivity contribution < 1.29 is 14.8 Å². The van der Waals surface area contributed by atoms with Crippen molar-refractivity contribution in [2.75, 3.05) is 19.6 Å². The Morgan fingerprint density at radius 2 is 1.97 bits per heavy atom. The molecule has 2 aliphatic rings. The lowest BCUT2D eigenvalue weighted by molar-refractivity contribution is 0.0711. The second-order valence-corrected chi connectivity index (χ2v) is 7.98.